The maximum atomic E-state index is 12.8. The van der Waals surface area contributed by atoms with Crippen LogP contribution in [0.15, 0.2) is 53.6 Å². The normalized spacial score (nSPS) is 16.2. The van der Waals surface area contributed by atoms with Gasteiger partial charge in [-0.1, -0.05) is 29.8 Å². The minimum Gasteiger partial charge on any atom is -0.267 e. The number of nitrogens with zero attached hydrogens (tertiary/aromatic N) is 3. The van der Waals surface area contributed by atoms with Crippen LogP contribution >= 0.6 is 0 Å². The molecule has 0 fully saturated rings. The highest BCUT2D eigenvalue weighted by atomic mass is 16.1. The van der Waals surface area contributed by atoms with E-state index in [4.69, 9.17) is 0 Å². The van der Waals surface area contributed by atoms with E-state index in [0.29, 0.717) is 11.7 Å². The molecule has 0 radical (unpaired) electrons. The Morgan fingerprint density at radius 3 is 2.75 bits per heavy atom. The van der Waals surface area contributed by atoms with Gasteiger partial charge in [-0.3, -0.25) is 4.79 Å². The molecule has 1 aromatic carbocycles. The number of fused-ring (bicyclic) bond motifs is 1. The van der Waals surface area contributed by atoms with Crippen molar-refractivity contribution < 1.29 is 0 Å². The Labute approximate surface area is 140 Å². The van der Waals surface area contributed by atoms with E-state index >= 15 is 0 Å². The van der Waals surface area contributed by atoms with Crippen LogP contribution < -0.4 is 5.56 Å². The molecule has 4 heteroatoms. The van der Waals surface area contributed by atoms with Crippen molar-refractivity contribution in [1.29, 1.82) is 0 Å². The molecule has 24 heavy (non-hydrogen) atoms. The second kappa shape index (κ2) is 5.71. The molecule has 2 aromatic heterocycles. The molecular weight excluding hydrogens is 298 g/mol. The van der Waals surface area contributed by atoms with Crippen LogP contribution in [-0.4, -0.2) is 14.8 Å². The van der Waals surface area contributed by atoms with E-state index in [9.17, 15) is 4.79 Å². The summed E-state index contributed by atoms with van der Waals surface area (Å²) in [4.78, 5) is 17.1. The van der Waals surface area contributed by atoms with Gasteiger partial charge in [0.15, 0.2) is 5.82 Å². The van der Waals surface area contributed by atoms with E-state index in [1.165, 1.54) is 21.4 Å². The van der Waals surface area contributed by atoms with Gasteiger partial charge in [0.2, 0.25) is 0 Å². The summed E-state index contributed by atoms with van der Waals surface area (Å²) in [6.07, 6.45) is 5.15. The summed E-state index contributed by atoms with van der Waals surface area (Å²) >= 11 is 0. The Bertz CT molecular complexity index is 960. The molecule has 0 saturated heterocycles. The zero-order valence-electron chi connectivity index (χ0n) is 13.9. The Morgan fingerprint density at radius 2 is 2.00 bits per heavy atom. The Kier molecular flexibility index (Phi) is 3.53. The van der Waals surface area contributed by atoms with Gasteiger partial charge in [-0.2, -0.15) is 9.78 Å². The number of hydrogen-bond acceptors (Lipinski definition) is 3. The van der Waals surface area contributed by atoms with Crippen LogP contribution in [-0.2, 0) is 12.8 Å². The first-order valence-electron chi connectivity index (χ1n) is 8.22. The average molecular weight is 317 g/mol. The molecule has 0 aliphatic heterocycles. The van der Waals surface area contributed by atoms with Crippen LogP contribution in [0.4, 0.5) is 0 Å². The third-order valence-electron chi connectivity index (χ3n) is 4.82. The first-order valence-corrected chi connectivity index (χ1v) is 8.22. The molecule has 4 nitrogen and oxygen atoms in total. The summed E-state index contributed by atoms with van der Waals surface area (Å²) < 4.78 is 1.41. The van der Waals surface area contributed by atoms with Crippen LogP contribution in [0.2, 0.25) is 0 Å². The number of aryl methyl sites for hydroxylation is 2. The second-order valence-corrected chi connectivity index (χ2v) is 6.52. The molecule has 4 rings (SSSR count). The SMILES string of the molecule is Cc1ccc(C2Cc3cnn(-c4ccccn4)c(=O)c3C2)c(C)c1. The molecule has 1 aliphatic rings. The van der Waals surface area contributed by atoms with Gasteiger partial charge in [0.1, 0.15) is 0 Å². The largest absolute Gasteiger partial charge is 0.276 e. The van der Waals surface area contributed by atoms with E-state index in [-0.39, 0.29) is 5.56 Å². The Morgan fingerprint density at radius 1 is 1.12 bits per heavy atom. The van der Waals surface area contributed by atoms with Crippen LogP contribution in [0.25, 0.3) is 5.82 Å². The van der Waals surface area contributed by atoms with Crippen LogP contribution in [0.1, 0.15) is 33.7 Å². The third kappa shape index (κ3) is 2.44. The number of hydrogen-bond donors (Lipinski definition) is 0. The molecule has 1 atom stereocenters. The molecule has 2 heterocycles. The summed E-state index contributed by atoms with van der Waals surface area (Å²) in [5.74, 6) is 0.926. The molecule has 0 amide bonds. The van der Waals surface area contributed by atoms with Crippen LogP contribution in [0.3, 0.4) is 0 Å². The third-order valence-corrected chi connectivity index (χ3v) is 4.82. The summed E-state index contributed by atoms with van der Waals surface area (Å²) in [5, 5.41) is 4.33. The second-order valence-electron chi connectivity index (χ2n) is 6.52. The smallest absolute Gasteiger partial charge is 0.267 e. The minimum absolute atomic E-state index is 0.0431. The lowest BCUT2D eigenvalue weighted by Gasteiger charge is -2.13. The maximum absolute atomic E-state index is 12.8. The Balaban J connectivity index is 1.73. The first kappa shape index (κ1) is 14.8. The summed E-state index contributed by atoms with van der Waals surface area (Å²) in [5.41, 5.74) is 5.80. The zero-order chi connectivity index (χ0) is 16.7. The van der Waals surface area contributed by atoms with Crippen molar-refractivity contribution in [2.24, 2.45) is 0 Å². The fourth-order valence-electron chi connectivity index (χ4n) is 3.65. The van der Waals surface area contributed by atoms with Crippen molar-refractivity contribution in [2.75, 3.05) is 0 Å². The fourth-order valence-corrected chi connectivity index (χ4v) is 3.65. The van der Waals surface area contributed by atoms with Crippen molar-refractivity contribution in [3.05, 3.63) is 87.0 Å². The predicted octanol–water partition coefficient (Wildman–Crippen LogP) is 3.13. The molecule has 1 aliphatic carbocycles. The predicted molar refractivity (Wildman–Crippen MR) is 93.7 cm³/mol. The van der Waals surface area contributed by atoms with E-state index in [1.54, 1.807) is 12.3 Å². The molecular formula is C20H19N3O. The van der Waals surface area contributed by atoms with E-state index in [2.05, 4.69) is 42.1 Å². The summed E-state index contributed by atoms with van der Waals surface area (Å²) in [7, 11) is 0. The first-order chi connectivity index (χ1) is 11.6. The fraction of sp³-hybridized carbons (Fsp3) is 0.250. The lowest BCUT2D eigenvalue weighted by atomic mass is 9.91. The van der Waals surface area contributed by atoms with Gasteiger partial charge in [0.25, 0.3) is 5.56 Å². The number of pyridine rings is 1. The van der Waals surface area contributed by atoms with Crippen molar-refractivity contribution in [3.8, 4) is 5.82 Å². The van der Waals surface area contributed by atoms with Crippen molar-refractivity contribution in [1.82, 2.24) is 14.8 Å². The highest BCUT2D eigenvalue weighted by Crippen LogP contribution is 2.33. The van der Waals surface area contributed by atoms with E-state index in [0.717, 1.165) is 24.0 Å². The standard InChI is InChI=1S/C20H19N3O/c1-13-6-7-17(14(2)9-13)15-10-16-12-22-23(20(24)18(16)11-15)19-5-3-4-8-21-19/h3-9,12,15H,10-11H2,1-2H3. The molecule has 0 bridgehead atoms. The zero-order valence-corrected chi connectivity index (χ0v) is 13.9. The molecule has 3 aromatic rings. The van der Waals surface area contributed by atoms with Gasteiger partial charge in [-0.15, -0.1) is 0 Å². The van der Waals surface area contributed by atoms with Gasteiger partial charge in [-0.25, -0.2) is 4.98 Å². The highest BCUT2D eigenvalue weighted by molar-refractivity contribution is 5.40. The monoisotopic (exact) mass is 317 g/mol. The van der Waals surface area contributed by atoms with Gasteiger partial charge in [0, 0.05) is 11.8 Å². The maximum Gasteiger partial charge on any atom is 0.276 e. The number of aromatic nitrogens is 3. The molecule has 0 N–H and O–H groups in total. The van der Waals surface area contributed by atoms with Crippen molar-refractivity contribution >= 4 is 0 Å². The molecule has 0 saturated carbocycles. The summed E-state index contributed by atoms with van der Waals surface area (Å²) in [6, 6.07) is 12.1. The quantitative estimate of drug-likeness (QED) is 0.729. The molecule has 1 unspecified atom stereocenters. The number of rotatable bonds is 2. The van der Waals surface area contributed by atoms with E-state index < -0.39 is 0 Å². The van der Waals surface area contributed by atoms with Crippen LogP contribution in [0, 0.1) is 13.8 Å². The minimum atomic E-state index is -0.0431. The van der Waals surface area contributed by atoms with Crippen molar-refractivity contribution in [2.45, 2.75) is 32.6 Å². The van der Waals surface area contributed by atoms with Gasteiger partial charge >= 0.3 is 0 Å². The highest BCUT2D eigenvalue weighted by Gasteiger charge is 2.27. The molecule has 0 spiro atoms. The Hall–Kier alpha value is -2.75. The average Bonchev–Trinajstić information content (AvgIpc) is 3.01. The van der Waals surface area contributed by atoms with E-state index in [1.807, 2.05) is 18.3 Å². The van der Waals surface area contributed by atoms with Crippen LogP contribution in [0.5, 0.6) is 0 Å². The summed E-state index contributed by atoms with van der Waals surface area (Å²) in [6.45, 7) is 4.26. The van der Waals surface area contributed by atoms with Gasteiger partial charge in [-0.05, 0) is 61.4 Å². The van der Waals surface area contributed by atoms with Gasteiger partial charge < -0.3 is 0 Å². The number of benzene rings is 1. The van der Waals surface area contributed by atoms with Crippen molar-refractivity contribution in [3.63, 3.8) is 0 Å². The lowest BCUT2D eigenvalue weighted by molar-refractivity contribution is 0.730. The van der Waals surface area contributed by atoms with Gasteiger partial charge in [0.05, 0.1) is 6.20 Å². The molecule has 120 valence electrons. The topological polar surface area (TPSA) is 47.8 Å². The lowest BCUT2D eigenvalue weighted by Crippen LogP contribution is -2.25.